The number of carbonyl (C=O) groups is 1. The highest BCUT2D eigenvalue weighted by molar-refractivity contribution is 6.30. The van der Waals surface area contributed by atoms with Crippen LogP contribution in [-0.2, 0) is 4.79 Å². The Morgan fingerprint density at radius 2 is 1.86 bits per heavy atom. The van der Waals surface area contributed by atoms with Crippen LogP contribution >= 0.6 is 11.6 Å². The van der Waals surface area contributed by atoms with Crippen LogP contribution in [0, 0.1) is 0 Å². The van der Waals surface area contributed by atoms with Crippen LogP contribution in [0.2, 0.25) is 5.02 Å². The third kappa shape index (κ3) is 3.76. The summed E-state index contributed by atoms with van der Waals surface area (Å²) in [5, 5.41) is 3.64. The fourth-order valence-electron chi connectivity index (χ4n) is 2.35. The lowest BCUT2D eigenvalue weighted by Crippen LogP contribution is -2.31. The van der Waals surface area contributed by atoms with Crippen LogP contribution in [0.4, 0.5) is 0 Å². The Labute approximate surface area is 128 Å². The Balaban J connectivity index is 1.44. The fraction of sp³-hybridized carbons (Fsp3) is 0.235. The third-order valence-electron chi connectivity index (χ3n) is 3.55. The predicted octanol–water partition coefficient (Wildman–Crippen LogP) is 3.39. The van der Waals surface area contributed by atoms with Gasteiger partial charge < -0.3 is 10.1 Å². The summed E-state index contributed by atoms with van der Waals surface area (Å²) in [4.78, 5) is 11.8. The molecule has 0 aliphatic heterocycles. The van der Waals surface area contributed by atoms with E-state index in [0.717, 1.165) is 6.42 Å². The van der Waals surface area contributed by atoms with Gasteiger partial charge in [-0.05, 0) is 36.2 Å². The van der Waals surface area contributed by atoms with Crippen molar-refractivity contribution < 1.29 is 9.53 Å². The number of carbonyl (C=O) groups excluding carboxylic acids is 1. The summed E-state index contributed by atoms with van der Waals surface area (Å²) in [6.07, 6.45) is 0.997. The molecule has 108 valence electrons. The van der Waals surface area contributed by atoms with Crippen LogP contribution in [0.25, 0.3) is 0 Å². The van der Waals surface area contributed by atoms with Crippen molar-refractivity contribution in [1.29, 1.82) is 0 Å². The molecule has 2 atom stereocenters. The van der Waals surface area contributed by atoms with Gasteiger partial charge in [-0.25, -0.2) is 0 Å². The lowest BCUT2D eigenvalue weighted by atomic mass is 10.1. The highest BCUT2D eigenvalue weighted by Crippen LogP contribution is 2.40. The molecule has 0 spiro atoms. The second-order valence-corrected chi connectivity index (χ2v) is 5.61. The Bertz CT molecular complexity index is 612. The molecular weight excluding hydrogens is 286 g/mol. The minimum absolute atomic E-state index is 0.0274. The van der Waals surface area contributed by atoms with Crippen LogP contribution in [0.3, 0.4) is 0 Å². The SMILES string of the molecule is O=C(COc1ccc(Cl)cc1)NC1CC1c1ccccc1. The van der Waals surface area contributed by atoms with Crippen molar-refractivity contribution in [2.75, 3.05) is 6.61 Å². The van der Waals surface area contributed by atoms with Crippen molar-refractivity contribution in [2.24, 2.45) is 0 Å². The van der Waals surface area contributed by atoms with Crippen LogP contribution in [0.5, 0.6) is 5.75 Å². The molecule has 1 fully saturated rings. The summed E-state index contributed by atoms with van der Waals surface area (Å²) >= 11 is 5.79. The molecule has 0 bridgehead atoms. The molecule has 1 amide bonds. The number of halogens is 1. The normalized spacial score (nSPS) is 19.9. The molecule has 1 saturated carbocycles. The van der Waals surface area contributed by atoms with Gasteiger partial charge in [-0.2, -0.15) is 0 Å². The van der Waals surface area contributed by atoms with Gasteiger partial charge in [0.1, 0.15) is 5.75 Å². The van der Waals surface area contributed by atoms with Crippen molar-refractivity contribution in [2.45, 2.75) is 18.4 Å². The number of rotatable bonds is 5. The minimum atomic E-state index is -0.0895. The van der Waals surface area contributed by atoms with Gasteiger partial charge in [0.05, 0.1) is 0 Å². The van der Waals surface area contributed by atoms with Gasteiger partial charge in [0.25, 0.3) is 5.91 Å². The lowest BCUT2D eigenvalue weighted by molar-refractivity contribution is -0.123. The first-order chi connectivity index (χ1) is 10.2. The van der Waals surface area contributed by atoms with Gasteiger partial charge in [0.15, 0.2) is 6.61 Å². The van der Waals surface area contributed by atoms with E-state index in [2.05, 4.69) is 17.4 Å². The molecule has 21 heavy (non-hydrogen) atoms. The summed E-state index contributed by atoms with van der Waals surface area (Å²) in [7, 11) is 0. The maximum Gasteiger partial charge on any atom is 0.258 e. The summed E-state index contributed by atoms with van der Waals surface area (Å²) in [5.74, 6) is 0.990. The molecule has 4 heteroatoms. The predicted molar refractivity (Wildman–Crippen MR) is 82.7 cm³/mol. The van der Waals surface area contributed by atoms with Crippen molar-refractivity contribution in [3.8, 4) is 5.75 Å². The van der Waals surface area contributed by atoms with E-state index >= 15 is 0 Å². The van der Waals surface area contributed by atoms with Crippen molar-refractivity contribution in [3.05, 3.63) is 65.2 Å². The van der Waals surface area contributed by atoms with Crippen LogP contribution < -0.4 is 10.1 Å². The molecule has 1 aliphatic carbocycles. The average molecular weight is 302 g/mol. The Morgan fingerprint density at radius 3 is 2.57 bits per heavy atom. The van der Waals surface area contributed by atoms with Crippen molar-refractivity contribution in [3.63, 3.8) is 0 Å². The lowest BCUT2D eigenvalue weighted by Gasteiger charge is -2.07. The number of hydrogen-bond acceptors (Lipinski definition) is 2. The van der Waals surface area contributed by atoms with E-state index in [4.69, 9.17) is 16.3 Å². The third-order valence-corrected chi connectivity index (χ3v) is 3.80. The zero-order valence-corrected chi connectivity index (χ0v) is 12.2. The zero-order valence-electron chi connectivity index (χ0n) is 11.5. The Kier molecular flexibility index (Phi) is 4.11. The fourth-order valence-corrected chi connectivity index (χ4v) is 2.48. The summed E-state index contributed by atoms with van der Waals surface area (Å²) in [6, 6.07) is 17.4. The first kappa shape index (κ1) is 14.0. The van der Waals surface area contributed by atoms with Gasteiger partial charge in [-0.15, -0.1) is 0 Å². The Morgan fingerprint density at radius 1 is 1.14 bits per heavy atom. The summed E-state index contributed by atoms with van der Waals surface area (Å²) in [5.41, 5.74) is 1.28. The van der Waals surface area contributed by atoms with E-state index in [9.17, 15) is 4.79 Å². The van der Waals surface area contributed by atoms with Gasteiger partial charge in [0.2, 0.25) is 0 Å². The molecule has 0 radical (unpaired) electrons. The zero-order chi connectivity index (χ0) is 14.7. The van der Waals surface area contributed by atoms with E-state index in [1.807, 2.05) is 18.2 Å². The van der Waals surface area contributed by atoms with Crippen LogP contribution in [-0.4, -0.2) is 18.6 Å². The van der Waals surface area contributed by atoms with Crippen LogP contribution in [0.15, 0.2) is 54.6 Å². The molecule has 2 aromatic rings. The molecule has 0 saturated heterocycles. The topological polar surface area (TPSA) is 38.3 Å². The molecular formula is C17H16ClNO2. The second-order valence-electron chi connectivity index (χ2n) is 5.17. The van der Waals surface area contributed by atoms with E-state index in [1.54, 1.807) is 24.3 Å². The molecule has 1 aliphatic rings. The van der Waals surface area contributed by atoms with E-state index in [-0.39, 0.29) is 18.6 Å². The maximum atomic E-state index is 11.8. The van der Waals surface area contributed by atoms with Crippen molar-refractivity contribution in [1.82, 2.24) is 5.32 Å². The smallest absolute Gasteiger partial charge is 0.258 e. The number of nitrogens with one attached hydrogen (secondary N) is 1. The van der Waals surface area contributed by atoms with E-state index in [1.165, 1.54) is 5.56 Å². The standard InChI is InChI=1S/C17H16ClNO2/c18-13-6-8-14(9-7-13)21-11-17(20)19-16-10-15(16)12-4-2-1-3-5-12/h1-9,15-16H,10-11H2,(H,19,20). The molecule has 2 aromatic carbocycles. The van der Waals surface area contributed by atoms with Gasteiger partial charge in [0, 0.05) is 17.0 Å². The summed E-state index contributed by atoms with van der Waals surface area (Å²) < 4.78 is 5.42. The van der Waals surface area contributed by atoms with Crippen molar-refractivity contribution >= 4 is 17.5 Å². The van der Waals surface area contributed by atoms with E-state index in [0.29, 0.717) is 16.7 Å². The molecule has 3 nitrogen and oxygen atoms in total. The number of hydrogen-bond donors (Lipinski definition) is 1. The molecule has 0 heterocycles. The average Bonchev–Trinajstić information content (AvgIpc) is 3.27. The number of ether oxygens (including phenoxy) is 1. The maximum absolute atomic E-state index is 11.8. The Hall–Kier alpha value is -2.00. The summed E-state index contributed by atoms with van der Waals surface area (Å²) in [6.45, 7) is 0.0274. The molecule has 2 unspecified atom stereocenters. The highest BCUT2D eigenvalue weighted by Gasteiger charge is 2.39. The number of benzene rings is 2. The van der Waals surface area contributed by atoms with Crippen LogP contribution in [0.1, 0.15) is 17.9 Å². The molecule has 1 N–H and O–H groups in total. The molecule has 0 aromatic heterocycles. The first-order valence-electron chi connectivity index (χ1n) is 6.95. The van der Waals surface area contributed by atoms with Gasteiger partial charge in [-0.1, -0.05) is 41.9 Å². The minimum Gasteiger partial charge on any atom is -0.484 e. The number of amides is 1. The van der Waals surface area contributed by atoms with E-state index < -0.39 is 0 Å². The monoisotopic (exact) mass is 301 g/mol. The highest BCUT2D eigenvalue weighted by atomic mass is 35.5. The first-order valence-corrected chi connectivity index (χ1v) is 7.33. The van der Waals surface area contributed by atoms with Gasteiger partial charge >= 0.3 is 0 Å². The quantitative estimate of drug-likeness (QED) is 0.919. The molecule has 3 rings (SSSR count). The van der Waals surface area contributed by atoms with Gasteiger partial charge in [-0.3, -0.25) is 4.79 Å². The second kappa shape index (κ2) is 6.19. The largest absolute Gasteiger partial charge is 0.484 e.